The quantitative estimate of drug-likeness (QED) is 0.846. The minimum atomic E-state index is -0.326. The van der Waals surface area contributed by atoms with E-state index in [1.807, 2.05) is 13.8 Å². The van der Waals surface area contributed by atoms with E-state index in [1.165, 1.54) is 6.07 Å². The standard InChI is InChI=1S/C14H20FNO2/c1-4-11(5-2)16-14(17)9-18-12-7-6-10(3)13(15)8-12/h6-8,11H,4-5,9H2,1-3H3,(H,16,17). The Hall–Kier alpha value is -1.58. The number of benzene rings is 1. The smallest absolute Gasteiger partial charge is 0.258 e. The van der Waals surface area contributed by atoms with Gasteiger partial charge in [0, 0.05) is 12.1 Å². The molecule has 0 aromatic heterocycles. The van der Waals surface area contributed by atoms with Crippen LogP contribution in [0.1, 0.15) is 32.3 Å². The largest absolute Gasteiger partial charge is 0.484 e. The monoisotopic (exact) mass is 253 g/mol. The van der Waals surface area contributed by atoms with Gasteiger partial charge in [-0.05, 0) is 31.4 Å². The molecule has 1 N–H and O–H groups in total. The summed E-state index contributed by atoms with van der Waals surface area (Å²) in [6.07, 6.45) is 1.78. The van der Waals surface area contributed by atoms with Crippen LogP contribution in [0.3, 0.4) is 0 Å². The Bertz CT molecular complexity index is 403. The molecule has 1 aromatic rings. The van der Waals surface area contributed by atoms with E-state index in [2.05, 4.69) is 5.32 Å². The highest BCUT2D eigenvalue weighted by Gasteiger charge is 2.09. The molecule has 0 unspecified atom stereocenters. The molecular formula is C14H20FNO2. The summed E-state index contributed by atoms with van der Waals surface area (Å²) in [6, 6.07) is 4.75. The Kier molecular flexibility index (Phi) is 5.62. The number of nitrogens with one attached hydrogen (secondary N) is 1. The Morgan fingerprint density at radius 1 is 1.39 bits per heavy atom. The zero-order valence-corrected chi connectivity index (χ0v) is 11.1. The number of carbonyl (C=O) groups excluding carboxylic acids is 1. The van der Waals surface area contributed by atoms with Gasteiger partial charge in [-0.2, -0.15) is 0 Å². The van der Waals surface area contributed by atoms with Crippen LogP contribution in [-0.4, -0.2) is 18.6 Å². The van der Waals surface area contributed by atoms with Crippen molar-refractivity contribution < 1.29 is 13.9 Å². The number of aryl methyl sites for hydroxylation is 1. The van der Waals surface area contributed by atoms with Crippen molar-refractivity contribution in [3.8, 4) is 5.75 Å². The van der Waals surface area contributed by atoms with Crippen LogP contribution < -0.4 is 10.1 Å². The molecule has 0 heterocycles. The van der Waals surface area contributed by atoms with Crippen molar-refractivity contribution in [3.63, 3.8) is 0 Å². The molecule has 18 heavy (non-hydrogen) atoms. The van der Waals surface area contributed by atoms with Crippen molar-refractivity contribution >= 4 is 5.91 Å². The molecule has 0 saturated carbocycles. The Morgan fingerprint density at radius 3 is 2.61 bits per heavy atom. The summed E-state index contributed by atoms with van der Waals surface area (Å²) >= 11 is 0. The first-order valence-corrected chi connectivity index (χ1v) is 6.25. The maximum Gasteiger partial charge on any atom is 0.258 e. The maximum absolute atomic E-state index is 13.2. The number of hydrogen-bond acceptors (Lipinski definition) is 2. The molecule has 4 heteroatoms. The van der Waals surface area contributed by atoms with Crippen molar-refractivity contribution in [2.45, 2.75) is 39.7 Å². The van der Waals surface area contributed by atoms with Crippen molar-refractivity contribution in [1.82, 2.24) is 5.32 Å². The molecule has 0 atom stereocenters. The van der Waals surface area contributed by atoms with E-state index in [0.29, 0.717) is 11.3 Å². The average Bonchev–Trinajstić information content (AvgIpc) is 2.37. The molecule has 1 amide bonds. The lowest BCUT2D eigenvalue weighted by Gasteiger charge is -2.15. The molecule has 0 spiro atoms. The van der Waals surface area contributed by atoms with Crippen molar-refractivity contribution in [3.05, 3.63) is 29.6 Å². The van der Waals surface area contributed by atoms with E-state index >= 15 is 0 Å². The van der Waals surface area contributed by atoms with Crippen molar-refractivity contribution in [2.24, 2.45) is 0 Å². The molecule has 0 fully saturated rings. The van der Waals surface area contributed by atoms with E-state index in [4.69, 9.17) is 4.74 Å². The fourth-order valence-electron chi connectivity index (χ4n) is 1.57. The van der Waals surface area contributed by atoms with Gasteiger partial charge in [0.2, 0.25) is 0 Å². The van der Waals surface area contributed by atoms with Gasteiger partial charge < -0.3 is 10.1 Å². The van der Waals surface area contributed by atoms with Crippen LogP contribution in [0.15, 0.2) is 18.2 Å². The van der Waals surface area contributed by atoms with Crippen molar-refractivity contribution in [1.29, 1.82) is 0 Å². The number of ether oxygens (including phenoxy) is 1. The molecule has 1 rings (SSSR count). The summed E-state index contributed by atoms with van der Waals surface area (Å²) in [5.41, 5.74) is 0.559. The van der Waals surface area contributed by atoms with Crippen LogP contribution in [0, 0.1) is 12.7 Å². The van der Waals surface area contributed by atoms with E-state index in [1.54, 1.807) is 19.1 Å². The van der Waals surface area contributed by atoms with Crippen LogP contribution in [-0.2, 0) is 4.79 Å². The summed E-state index contributed by atoms with van der Waals surface area (Å²) in [4.78, 5) is 11.6. The SMILES string of the molecule is CCC(CC)NC(=O)COc1ccc(C)c(F)c1. The van der Waals surface area contributed by atoms with E-state index < -0.39 is 0 Å². The first kappa shape index (κ1) is 14.5. The second kappa shape index (κ2) is 6.99. The van der Waals surface area contributed by atoms with Crippen molar-refractivity contribution in [2.75, 3.05) is 6.61 Å². The van der Waals surface area contributed by atoms with Gasteiger partial charge in [-0.25, -0.2) is 4.39 Å². The number of halogens is 1. The Balaban J connectivity index is 2.44. The summed E-state index contributed by atoms with van der Waals surface area (Å²) in [7, 11) is 0. The summed E-state index contributed by atoms with van der Waals surface area (Å²) in [6.45, 7) is 5.63. The summed E-state index contributed by atoms with van der Waals surface area (Å²) in [5, 5.41) is 2.85. The predicted octanol–water partition coefficient (Wildman–Crippen LogP) is 2.82. The molecule has 0 radical (unpaired) electrons. The topological polar surface area (TPSA) is 38.3 Å². The van der Waals surface area contributed by atoms with E-state index in [0.717, 1.165) is 12.8 Å². The normalized spacial score (nSPS) is 10.5. The van der Waals surface area contributed by atoms with Gasteiger partial charge in [-0.15, -0.1) is 0 Å². The van der Waals surface area contributed by atoms with Gasteiger partial charge in [0.15, 0.2) is 6.61 Å². The highest BCUT2D eigenvalue weighted by atomic mass is 19.1. The highest BCUT2D eigenvalue weighted by molar-refractivity contribution is 5.77. The van der Waals surface area contributed by atoms with Gasteiger partial charge in [0.1, 0.15) is 11.6 Å². The molecule has 3 nitrogen and oxygen atoms in total. The lowest BCUT2D eigenvalue weighted by Crippen LogP contribution is -2.37. The van der Waals surface area contributed by atoms with E-state index in [-0.39, 0.29) is 24.4 Å². The van der Waals surface area contributed by atoms with Gasteiger partial charge in [-0.3, -0.25) is 4.79 Å². The molecule has 100 valence electrons. The summed E-state index contributed by atoms with van der Waals surface area (Å²) < 4.78 is 18.5. The van der Waals surface area contributed by atoms with Crippen LogP contribution in [0.2, 0.25) is 0 Å². The van der Waals surface area contributed by atoms with Gasteiger partial charge >= 0.3 is 0 Å². The predicted molar refractivity (Wildman–Crippen MR) is 69.1 cm³/mol. The maximum atomic E-state index is 13.2. The Labute approximate surface area is 107 Å². The van der Waals surface area contributed by atoms with Crippen LogP contribution in [0.25, 0.3) is 0 Å². The first-order chi connectivity index (χ1) is 8.56. The van der Waals surface area contributed by atoms with E-state index in [9.17, 15) is 9.18 Å². The zero-order chi connectivity index (χ0) is 13.5. The van der Waals surface area contributed by atoms with Gasteiger partial charge in [-0.1, -0.05) is 19.9 Å². The third-order valence-electron chi connectivity index (χ3n) is 2.86. The fourth-order valence-corrected chi connectivity index (χ4v) is 1.57. The Morgan fingerprint density at radius 2 is 2.06 bits per heavy atom. The fraction of sp³-hybridized carbons (Fsp3) is 0.500. The lowest BCUT2D eigenvalue weighted by atomic mass is 10.2. The van der Waals surface area contributed by atoms with Gasteiger partial charge in [0.05, 0.1) is 0 Å². The minimum absolute atomic E-state index is 0.0843. The third-order valence-corrected chi connectivity index (χ3v) is 2.86. The number of carbonyl (C=O) groups is 1. The number of hydrogen-bond donors (Lipinski definition) is 1. The lowest BCUT2D eigenvalue weighted by molar-refractivity contribution is -0.123. The first-order valence-electron chi connectivity index (χ1n) is 6.25. The molecule has 0 aliphatic carbocycles. The number of rotatable bonds is 6. The summed E-state index contributed by atoms with van der Waals surface area (Å²) in [5.74, 6) is -0.129. The molecule has 0 aliphatic heterocycles. The van der Waals surface area contributed by atoms with Crippen LogP contribution >= 0.6 is 0 Å². The molecular weight excluding hydrogens is 233 g/mol. The second-order valence-corrected chi connectivity index (χ2v) is 4.28. The van der Waals surface area contributed by atoms with Crippen LogP contribution in [0.4, 0.5) is 4.39 Å². The average molecular weight is 253 g/mol. The molecule has 0 saturated heterocycles. The molecule has 0 aliphatic rings. The number of amides is 1. The van der Waals surface area contributed by atoms with Crippen LogP contribution in [0.5, 0.6) is 5.75 Å². The highest BCUT2D eigenvalue weighted by Crippen LogP contribution is 2.15. The van der Waals surface area contributed by atoms with Gasteiger partial charge in [0.25, 0.3) is 5.91 Å². The third kappa shape index (κ3) is 4.35. The molecule has 1 aromatic carbocycles. The minimum Gasteiger partial charge on any atom is -0.484 e. The molecule has 0 bridgehead atoms. The zero-order valence-electron chi connectivity index (χ0n) is 11.1. The second-order valence-electron chi connectivity index (χ2n) is 4.28.